The van der Waals surface area contributed by atoms with Crippen LogP contribution in [0.3, 0.4) is 0 Å². The highest BCUT2D eigenvalue weighted by atomic mass is 16.2. The molecule has 2 aliphatic heterocycles. The fourth-order valence-electron chi connectivity index (χ4n) is 2.82. The molecular weight excluding hydrogens is 298 g/mol. The molecule has 4 amide bonds. The molecule has 0 saturated carbocycles. The first-order valence-corrected chi connectivity index (χ1v) is 7.57. The van der Waals surface area contributed by atoms with Crippen molar-refractivity contribution in [3.8, 4) is 0 Å². The van der Waals surface area contributed by atoms with Gasteiger partial charge in [0.15, 0.2) is 0 Å². The van der Waals surface area contributed by atoms with Crippen LogP contribution >= 0.6 is 0 Å². The van der Waals surface area contributed by atoms with E-state index in [4.69, 9.17) is 0 Å². The van der Waals surface area contributed by atoms with Gasteiger partial charge in [0.05, 0.1) is 11.1 Å². The number of amides is 4. The van der Waals surface area contributed by atoms with Gasteiger partial charge in [0.1, 0.15) is 0 Å². The number of nitrogens with zero attached hydrogens (tertiary/aromatic N) is 2. The standard InChI is InChI=1S/C16H17N3O4/c20-13-5-8-18(10-7-17-13)14(21)6-9-19-15(22)11-3-1-2-4-12(11)16(19)23/h1-4H,5-10H2,(H,17,20). The van der Waals surface area contributed by atoms with Crippen LogP contribution in [0, 0.1) is 0 Å². The SMILES string of the molecule is O=C1CCN(C(=O)CCN2C(=O)c3ccccc3C2=O)CCN1. The molecule has 0 aromatic heterocycles. The number of rotatable bonds is 3. The smallest absolute Gasteiger partial charge is 0.261 e. The van der Waals surface area contributed by atoms with E-state index in [1.165, 1.54) is 0 Å². The first kappa shape index (κ1) is 15.2. The minimum absolute atomic E-state index is 0.0586. The number of hydrogen-bond donors (Lipinski definition) is 1. The summed E-state index contributed by atoms with van der Waals surface area (Å²) in [4.78, 5) is 50.7. The van der Waals surface area contributed by atoms with Crippen LogP contribution in [-0.2, 0) is 9.59 Å². The zero-order valence-corrected chi connectivity index (χ0v) is 12.6. The van der Waals surface area contributed by atoms with Crippen molar-refractivity contribution in [2.24, 2.45) is 0 Å². The van der Waals surface area contributed by atoms with E-state index < -0.39 is 0 Å². The van der Waals surface area contributed by atoms with Gasteiger partial charge in [-0.15, -0.1) is 0 Å². The van der Waals surface area contributed by atoms with Gasteiger partial charge in [-0.2, -0.15) is 0 Å². The molecule has 0 unspecified atom stereocenters. The summed E-state index contributed by atoms with van der Waals surface area (Å²) >= 11 is 0. The summed E-state index contributed by atoms with van der Waals surface area (Å²) < 4.78 is 0. The molecule has 1 aromatic carbocycles. The van der Waals surface area contributed by atoms with Crippen molar-refractivity contribution in [1.29, 1.82) is 0 Å². The zero-order valence-electron chi connectivity index (χ0n) is 12.6. The molecule has 0 bridgehead atoms. The van der Waals surface area contributed by atoms with Crippen LogP contribution in [0.25, 0.3) is 0 Å². The van der Waals surface area contributed by atoms with Crippen molar-refractivity contribution in [2.75, 3.05) is 26.2 Å². The fourth-order valence-corrected chi connectivity index (χ4v) is 2.82. The molecule has 7 heteroatoms. The van der Waals surface area contributed by atoms with Crippen molar-refractivity contribution in [2.45, 2.75) is 12.8 Å². The zero-order chi connectivity index (χ0) is 16.4. The van der Waals surface area contributed by atoms with E-state index in [1.807, 2.05) is 0 Å². The average molecular weight is 315 g/mol. The Kier molecular flexibility index (Phi) is 4.10. The largest absolute Gasteiger partial charge is 0.354 e. The summed E-state index contributed by atoms with van der Waals surface area (Å²) in [5.41, 5.74) is 0.768. The lowest BCUT2D eigenvalue weighted by molar-refractivity contribution is -0.131. The molecule has 1 N–H and O–H groups in total. The summed E-state index contributed by atoms with van der Waals surface area (Å²) in [6, 6.07) is 6.65. The van der Waals surface area contributed by atoms with Gasteiger partial charge in [-0.3, -0.25) is 24.1 Å². The summed E-state index contributed by atoms with van der Waals surface area (Å²) in [5.74, 6) is -0.934. The Morgan fingerprint density at radius 1 is 1.04 bits per heavy atom. The number of imide groups is 1. The predicted molar refractivity (Wildman–Crippen MR) is 80.6 cm³/mol. The van der Waals surface area contributed by atoms with Crippen LogP contribution in [0.2, 0.25) is 0 Å². The first-order chi connectivity index (χ1) is 11.1. The molecule has 1 saturated heterocycles. The Morgan fingerprint density at radius 2 is 1.70 bits per heavy atom. The van der Waals surface area contributed by atoms with Crippen LogP contribution in [0.1, 0.15) is 33.6 Å². The van der Waals surface area contributed by atoms with Gasteiger partial charge < -0.3 is 10.2 Å². The normalized spacial score (nSPS) is 17.8. The Bertz CT molecular complexity index is 651. The van der Waals surface area contributed by atoms with Gasteiger partial charge in [-0.1, -0.05) is 12.1 Å². The molecule has 0 atom stereocenters. The second-order valence-electron chi connectivity index (χ2n) is 5.54. The second-order valence-corrected chi connectivity index (χ2v) is 5.54. The summed E-state index contributed by atoms with van der Waals surface area (Å²) in [6.07, 6.45) is 0.346. The molecule has 0 spiro atoms. The van der Waals surface area contributed by atoms with Crippen molar-refractivity contribution in [3.63, 3.8) is 0 Å². The lowest BCUT2D eigenvalue weighted by atomic mass is 10.1. The van der Waals surface area contributed by atoms with Gasteiger partial charge >= 0.3 is 0 Å². The highest BCUT2D eigenvalue weighted by molar-refractivity contribution is 6.21. The molecule has 120 valence electrons. The molecule has 2 heterocycles. The average Bonchev–Trinajstić information content (AvgIpc) is 2.71. The number of carbonyl (C=O) groups is 4. The molecule has 7 nitrogen and oxygen atoms in total. The fraction of sp³-hybridized carbons (Fsp3) is 0.375. The number of hydrogen-bond acceptors (Lipinski definition) is 4. The molecule has 1 aromatic rings. The van der Waals surface area contributed by atoms with Gasteiger partial charge in [-0.25, -0.2) is 0 Å². The highest BCUT2D eigenvalue weighted by Crippen LogP contribution is 2.22. The molecule has 3 rings (SSSR count). The van der Waals surface area contributed by atoms with Crippen LogP contribution < -0.4 is 5.32 Å². The third-order valence-corrected chi connectivity index (χ3v) is 4.09. The Balaban J connectivity index is 1.61. The Morgan fingerprint density at radius 3 is 2.35 bits per heavy atom. The third kappa shape index (κ3) is 2.94. The maximum atomic E-state index is 12.2. The topological polar surface area (TPSA) is 86.8 Å². The van der Waals surface area contributed by atoms with E-state index >= 15 is 0 Å². The monoisotopic (exact) mass is 315 g/mol. The van der Waals surface area contributed by atoms with E-state index in [1.54, 1.807) is 29.2 Å². The lowest BCUT2D eigenvalue weighted by Gasteiger charge is -2.21. The van der Waals surface area contributed by atoms with Gasteiger partial charge in [0.2, 0.25) is 11.8 Å². The van der Waals surface area contributed by atoms with Crippen LogP contribution in [0.4, 0.5) is 0 Å². The predicted octanol–water partition coefficient (Wildman–Crippen LogP) is 0.0212. The van der Waals surface area contributed by atoms with Crippen molar-refractivity contribution in [3.05, 3.63) is 35.4 Å². The van der Waals surface area contributed by atoms with Crippen molar-refractivity contribution in [1.82, 2.24) is 15.1 Å². The Labute approximate surface area is 133 Å². The van der Waals surface area contributed by atoms with Crippen LogP contribution in [0.15, 0.2) is 24.3 Å². The number of fused-ring (bicyclic) bond motifs is 1. The number of nitrogens with one attached hydrogen (secondary N) is 1. The van der Waals surface area contributed by atoms with Crippen molar-refractivity contribution >= 4 is 23.6 Å². The number of benzene rings is 1. The second kappa shape index (κ2) is 6.20. The van der Waals surface area contributed by atoms with E-state index in [9.17, 15) is 19.2 Å². The maximum absolute atomic E-state index is 12.2. The van der Waals surface area contributed by atoms with Gasteiger partial charge in [0.25, 0.3) is 11.8 Å². The summed E-state index contributed by atoms with van der Waals surface area (Å²) in [7, 11) is 0. The van der Waals surface area contributed by atoms with Gasteiger partial charge in [-0.05, 0) is 12.1 Å². The van der Waals surface area contributed by atoms with E-state index in [0.717, 1.165) is 4.90 Å². The first-order valence-electron chi connectivity index (χ1n) is 7.57. The summed E-state index contributed by atoms with van der Waals surface area (Å²) in [6.45, 7) is 1.31. The van der Waals surface area contributed by atoms with Crippen molar-refractivity contribution < 1.29 is 19.2 Å². The molecule has 0 radical (unpaired) electrons. The molecule has 1 fully saturated rings. The molecule has 23 heavy (non-hydrogen) atoms. The molecular formula is C16H17N3O4. The maximum Gasteiger partial charge on any atom is 0.261 e. The lowest BCUT2D eigenvalue weighted by Crippen LogP contribution is -2.38. The quantitative estimate of drug-likeness (QED) is 0.797. The van der Waals surface area contributed by atoms with E-state index in [0.29, 0.717) is 30.8 Å². The molecule has 0 aliphatic carbocycles. The minimum atomic E-state index is -0.355. The number of carbonyl (C=O) groups excluding carboxylic acids is 4. The minimum Gasteiger partial charge on any atom is -0.354 e. The molecule has 2 aliphatic rings. The Hall–Kier alpha value is -2.70. The summed E-state index contributed by atoms with van der Waals surface area (Å²) in [5, 5.41) is 2.70. The van der Waals surface area contributed by atoms with Gasteiger partial charge in [0, 0.05) is 39.0 Å². The van der Waals surface area contributed by atoms with Crippen LogP contribution in [0.5, 0.6) is 0 Å². The highest BCUT2D eigenvalue weighted by Gasteiger charge is 2.35. The van der Waals surface area contributed by atoms with E-state index in [2.05, 4.69) is 5.32 Å². The van der Waals surface area contributed by atoms with E-state index in [-0.39, 0.29) is 43.0 Å². The van der Waals surface area contributed by atoms with Crippen LogP contribution in [-0.4, -0.2) is 59.6 Å². The third-order valence-electron chi connectivity index (χ3n) is 4.09.